The number of halogens is 2. The third kappa shape index (κ3) is 2.88. The molecular formula is C17H16ClFN2O. The lowest BCUT2D eigenvalue weighted by Crippen LogP contribution is -1.91. The number of phenols is 1. The molecule has 0 fully saturated rings. The standard InChI is InChI=1S/C15H10ClFN2O.C2H6/c1-8-9-5-11(16)10(6-13(9)19-7-18-8)15-12(17)3-2-4-14(15)20;1-2/h2-7,20H,1H3;1-2H3. The van der Waals surface area contributed by atoms with Crippen LogP contribution in [0.25, 0.3) is 22.0 Å². The van der Waals surface area contributed by atoms with Crippen LogP contribution >= 0.6 is 11.6 Å². The normalized spacial score (nSPS) is 10.2. The number of aromatic hydroxyl groups is 1. The molecule has 3 nitrogen and oxygen atoms in total. The molecule has 22 heavy (non-hydrogen) atoms. The number of hydrogen-bond donors (Lipinski definition) is 1. The Labute approximate surface area is 133 Å². The van der Waals surface area contributed by atoms with Gasteiger partial charge in [0.1, 0.15) is 17.9 Å². The topological polar surface area (TPSA) is 46.0 Å². The zero-order chi connectivity index (χ0) is 16.3. The van der Waals surface area contributed by atoms with Crippen molar-refractivity contribution < 1.29 is 9.50 Å². The van der Waals surface area contributed by atoms with Gasteiger partial charge in [-0.3, -0.25) is 0 Å². The summed E-state index contributed by atoms with van der Waals surface area (Å²) in [6.45, 7) is 5.85. The second-order valence-corrected chi connectivity index (χ2v) is 4.85. The number of phenolic OH excluding ortho intramolecular Hbond substituents is 1. The van der Waals surface area contributed by atoms with Crippen molar-refractivity contribution in [2.45, 2.75) is 20.8 Å². The maximum absolute atomic E-state index is 13.9. The molecule has 5 heteroatoms. The van der Waals surface area contributed by atoms with E-state index >= 15 is 0 Å². The summed E-state index contributed by atoms with van der Waals surface area (Å²) >= 11 is 6.22. The summed E-state index contributed by atoms with van der Waals surface area (Å²) < 4.78 is 13.9. The lowest BCUT2D eigenvalue weighted by Gasteiger charge is -2.10. The van der Waals surface area contributed by atoms with Crippen LogP contribution in [0.1, 0.15) is 19.5 Å². The molecule has 114 valence electrons. The SMILES string of the molecule is CC.Cc1ncnc2cc(-c3c(O)cccc3F)c(Cl)cc12. The highest BCUT2D eigenvalue weighted by molar-refractivity contribution is 6.34. The molecule has 0 aliphatic heterocycles. The largest absolute Gasteiger partial charge is 0.507 e. The molecule has 0 amide bonds. The van der Waals surface area contributed by atoms with Crippen LogP contribution < -0.4 is 0 Å². The first-order chi connectivity index (χ1) is 10.6. The third-order valence-corrected chi connectivity index (χ3v) is 3.50. The Morgan fingerprint density at radius 3 is 2.55 bits per heavy atom. The van der Waals surface area contributed by atoms with Crippen LogP contribution in [0.5, 0.6) is 5.75 Å². The Kier molecular flexibility index (Phi) is 4.93. The Bertz CT molecular complexity index is 801. The van der Waals surface area contributed by atoms with Crippen molar-refractivity contribution in [1.29, 1.82) is 0 Å². The summed E-state index contributed by atoms with van der Waals surface area (Å²) in [7, 11) is 0. The molecular weight excluding hydrogens is 303 g/mol. The van der Waals surface area contributed by atoms with E-state index in [1.165, 1.54) is 24.5 Å². The fourth-order valence-corrected chi connectivity index (χ4v) is 2.43. The van der Waals surface area contributed by atoms with E-state index in [1.54, 1.807) is 12.1 Å². The van der Waals surface area contributed by atoms with Crippen LogP contribution in [0.4, 0.5) is 4.39 Å². The minimum atomic E-state index is -0.531. The van der Waals surface area contributed by atoms with E-state index in [4.69, 9.17) is 11.6 Å². The highest BCUT2D eigenvalue weighted by atomic mass is 35.5. The maximum Gasteiger partial charge on any atom is 0.134 e. The van der Waals surface area contributed by atoms with E-state index < -0.39 is 5.82 Å². The first-order valence-corrected chi connectivity index (χ1v) is 7.34. The summed E-state index contributed by atoms with van der Waals surface area (Å²) in [6, 6.07) is 7.48. The fourth-order valence-electron chi connectivity index (χ4n) is 2.18. The number of hydrogen-bond acceptors (Lipinski definition) is 3. The maximum atomic E-state index is 13.9. The third-order valence-electron chi connectivity index (χ3n) is 3.18. The molecule has 0 spiro atoms. The average Bonchev–Trinajstić information content (AvgIpc) is 2.51. The van der Waals surface area contributed by atoms with E-state index in [0.29, 0.717) is 16.1 Å². The summed E-state index contributed by atoms with van der Waals surface area (Å²) in [5, 5.41) is 11.0. The predicted molar refractivity (Wildman–Crippen MR) is 87.7 cm³/mol. The Morgan fingerprint density at radius 2 is 1.86 bits per heavy atom. The molecule has 0 saturated heterocycles. The number of fused-ring (bicyclic) bond motifs is 1. The number of aryl methyl sites for hydroxylation is 1. The predicted octanol–water partition coefficient (Wildman–Crippen LogP) is 5.13. The monoisotopic (exact) mass is 318 g/mol. The number of rotatable bonds is 1. The zero-order valence-electron chi connectivity index (χ0n) is 12.6. The van der Waals surface area contributed by atoms with Crippen molar-refractivity contribution in [1.82, 2.24) is 9.97 Å². The van der Waals surface area contributed by atoms with Gasteiger partial charge < -0.3 is 5.11 Å². The molecule has 1 heterocycles. The highest BCUT2D eigenvalue weighted by Gasteiger charge is 2.15. The van der Waals surface area contributed by atoms with Crippen molar-refractivity contribution in [3.63, 3.8) is 0 Å². The summed E-state index contributed by atoms with van der Waals surface area (Å²) in [4.78, 5) is 8.25. The van der Waals surface area contributed by atoms with Crippen LogP contribution in [0.15, 0.2) is 36.7 Å². The summed E-state index contributed by atoms with van der Waals surface area (Å²) in [5.41, 5.74) is 1.93. The second-order valence-electron chi connectivity index (χ2n) is 4.44. The lowest BCUT2D eigenvalue weighted by atomic mass is 10.0. The minimum absolute atomic E-state index is 0.0793. The molecule has 0 saturated carbocycles. The van der Waals surface area contributed by atoms with Gasteiger partial charge in [-0.15, -0.1) is 0 Å². The van der Waals surface area contributed by atoms with Crippen molar-refractivity contribution in [3.05, 3.63) is 53.2 Å². The molecule has 1 aromatic heterocycles. The van der Waals surface area contributed by atoms with Gasteiger partial charge in [-0.05, 0) is 31.2 Å². The minimum Gasteiger partial charge on any atom is -0.507 e. The van der Waals surface area contributed by atoms with E-state index in [9.17, 15) is 9.50 Å². The molecule has 0 unspecified atom stereocenters. The Hall–Kier alpha value is -2.20. The van der Waals surface area contributed by atoms with Gasteiger partial charge in [-0.2, -0.15) is 0 Å². The quantitative estimate of drug-likeness (QED) is 0.676. The highest BCUT2D eigenvalue weighted by Crippen LogP contribution is 2.38. The van der Waals surface area contributed by atoms with Crippen molar-refractivity contribution in [2.75, 3.05) is 0 Å². The van der Waals surface area contributed by atoms with E-state index in [-0.39, 0.29) is 11.3 Å². The molecule has 1 N–H and O–H groups in total. The summed E-state index contributed by atoms with van der Waals surface area (Å²) in [5.74, 6) is -0.686. The van der Waals surface area contributed by atoms with Gasteiger partial charge >= 0.3 is 0 Å². The van der Waals surface area contributed by atoms with Gasteiger partial charge in [0.25, 0.3) is 0 Å². The smallest absolute Gasteiger partial charge is 0.134 e. The molecule has 0 aliphatic rings. The molecule has 0 bridgehead atoms. The van der Waals surface area contributed by atoms with E-state index in [0.717, 1.165) is 11.1 Å². The molecule has 0 aliphatic carbocycles. The van der Waals surface area contributed by atoms with Crippen molar-refractivity contribution in [2.24, 2.45) is 0 Å². The molecule has 3 aromatic rings. The van der Waals surface area contributed by atoms with Crippen LogP contribution in [-0.2, 0) is 0 Å². The Morgan fingerprint density at radius 1 is 1.14 bits per heavy atom. The van der Waals surface area contributed by atoms with Gasteiger partial charge in [-0.1, -0.05) is 31.5 Å². The Balaban J connectivity index is 0.000000847. The zero-order valence-corrected chi connectivity index (χ0v) is 13.3. The van der Waals surface area contributed by atoms with Gasteiger partial charge in [-0.25, -0.2) is 14.4 Å². The van der Waals surface area contributed by atoms with Gasteiger partial charge in [0.05, 0.1) is 11.1 Å². The first kappa shape index (κ1) is 16.2. The number of nitrogens with zero attached hydrogens (tertiary/aromatic N) is 2. The molecule has 0 radical (unpaired) electrons. The van der Waals surface area contributed by atoms with Gasteiger partial charge in [0.15, 0.2) is 0 Å². The van der Waals surface area contributed by atoms with Crippen LogP contribution in [-0.4, -0.2) is 15.1 Å². The number of benzene rings is 2. The fraction of sp³-hybridized carbons (Fsp3) is 0.176. The van der Waals surface area contributed by atoms with Gasteiger partial charge in [0.2, 0.25) is 0 Å². The first-order valence-electron chi connectivity index (χ1n) is 6.96. The second kappa shape index (κ2) is 6.71. The summed E-state index contributed by atoms with van der Waals surface area (Å²) in [6.07, 6.45) is 1.44. The van der Waals surface area contributed by atoms with Gasteiger partial charge in [0, 0.05) is 21.7 Å². The van der Waals surface area contributed by atoms with Crippen LogP contribution in [0.3, 0.4) is 0 Å². The van der Waals surface area contributed by atoms with E-state index in [1.807, 2.05) is 20.8 Å². The van der Waals surface area contributed by atoms with Crippen LogP contribution in [0, 0.1) is 12.7 Å². The van der Waals surface area contributed by atoms with Crippen molar-refractivity contribution >= 4 is 22.5 Å². The number of aromatic nitrogens is 2. The molecule has 2 aromatic carbocycles. The van der Waals surface area contributed by atoms with Crippen molar-refractivity contribution in [3.8, 4) is 16.9 Å². The average molecular weight is 319 g/mol. The molecule has 0 atom stereocenters. The molecule has 3 rings (SSSR count). The van der Waals surface area contributed by atoms with E-state index in [2.05, 4.69) is 9.97 Å². The van der Waals surface area contributed by atoms with Crippen LogP contribution in [0.2, 0.25) is 5.02 Å². The lowest BCUT2D eigenvalue weighted by molar-refractivity contribution is 0.472.